The summed E-state index contributed by atoms with van der Waals surface area (Å²) in [4.78, 5) is 19.4. The Hall–Kier alpha value is -2.95. The molecule has 5 heteroatoms. The Kier molecular flexibility index (Phi) is 5.71. The van der Waals surface area contributed by atoms with Gasteiger partial charge >= 0.3 is 0 Å². The summed E-state index contributed by atoms with van der Waals surface area (Å²) in [6, 6.07) is 17.9. The lowest BCUT2D eigenvalue weighted by atomic mass is 9.86. The summed E-state index contributed by atoms with van der Waals surface area (Å²) in [5.41, 5.74) is 3.07. The van der Waals surface area contributed by atoms with Gasteiger partial charge in [-0.25, -0.2) is 0 Å². The van der Waals surface area contributed by atoms with E-state index in [0.717, 1.165) is 43.5 Å². The van der Waals surface area contributed by atoms with Crippen LogP contribution in [-0.4, -0.2) is 34.0 Å². The first kappa shape index (κ1) is 20.3. The van der Waals surface area contributed by atoms with Crippen LogP contribution in [0.15, 0.2) is 59.1 Å². The van der Waals surface area contributed by atoms with Gasteiger partial charge in [0.25, 0.3) is 5.91 Å². The van der Waals surface area contributed by atoms with Crippen molar-refractivity contribution in [3.8, 4) is 11.4 Å². The van der Waals surface area contributed by atoms with E-state index >= 15 is 0 Å². The summed E-state index contributed by atoms with van der Waals surface area (Å²) in [6.07, 6.45) is 2.67. The summed E-state index contributed by atoms with van der Waals surface area (Å²) in [6.45, 7) is 8.08. The molecule has 1 fully saturated rings. The number of carbonyl (C=O) groups excluding carboxylic acids is 1. The number of nitrogens with zero attached hydrogens (tertiary/aromatic N) is 3. The molecule has 30 heavy (non-hydrogen) atoms. The Morgan fingerprint density at radius 1 is 1.03 bits per heavy atom. The molecule has 5 nitrogen and oxygen atoms in total. The average Bonchev–Trinajstić information content (AvgIpc) is 3.22. The van der Waals surface area contributed by atoms with Crippen molar-refractivity contribution < 1.29 is 9.32 Å². The van der Waals surface area contributed by atoms with Crippen molar-refractivity contribution in [3.63, 3.8) is 0 Å². The van der Waals surface area contributed by atoms with Gasteiger partial charge in [-0.05, 0) is 41.9 Å². The van der Waals surface area contributed by atoms with Gasteiger partial charge in [0, 0.05) is 30.6 Å². The van der Waals surface area contributed by atoms with Crippen molar-refractivity contribution in [2.24, 2.45) is 5.92 Å². The lowest BCUT2D eigenvalue weighted by molar-refractivity contribution is 0.0687. The number of piperidine rings is 1. The Labute approximate surface area is 178 Å². The Morgan fingerprint density at radius 2 is 1.70 bits per heavy atom. The quantitative estimate of drug-likeness (QED) is 0.606. The third kappa shape index (κ3) is 4.61. The maximum absolute atomic E-state index is 12.9. The smallest absolute Gasteiger partial charge is 0.253 e. The van der Waals surface area contributed by atoms with E-state index in [0.29, 0.717) is 17.6 Å². The Balaban J connectivity index is 1.32. The fraction of sp³-hybridized carbons (Fsp3) is 0.400. The molecule has 0 aliphatic carbocycles. The van der Waals surface area contributed by atoms with Crippen LogP contribution in [0.4, 0.5) is 0 Å². The third-order valence-electron chi connectivity index (χ3n) is 5.86. The number of carbonyl (C=O) groups is 1. The van der Waals surface area contributed by atoms with Crippen LogP contribution >= 0.6 is 0 Å². The van der Waals surface area contributed by atoms with Crippen LogP contribution in [0.3, 0.4) is 0 Å². The van der Waals surface area contributed by atoms with Crippen LogP contribution in [0, 0.1) is 5.92 Å². The maximum atomic E-state index is 12.9. The summed E-state index contributed by atoms with van der Waals surface area (Å²) in [5, 5.41) is 4.11. The molecule has 1 amide bonds. The lowest BCUT2D eigenvalue weighted by Gasteiger charge is -2.31. The Bertz CT molecular complexity index is 979. The summed E-state index contributed by atoms with van der Waals surface area (Å²) >= 11 is 0. The fourth-order valence-corrected chi connectivity index (χ4v) is 3.92. The van der Waals surface area contributed by atoms with Crippen molar-refractivity contribution in [2.75, 3.05) is 13.1 Å². The van der Waals surface area contributed by atoms with Gasteiger partial charge in [-0.3, -0.25) is 4.79 Å². The maximum Gasteiger partial charge on any atom is 0.253 e. The molecule has 156 valence electrons. The van der Waals surface area contributed by atoms with E-state index in [1.165, 1.54) is 5.56 Å². The van der Waals surface area contributed by atoms with E-state index in [-0.39, 0.29) is 11.3 Å². The molecule has 1 saturated heterocycles. The van der Waals surface area contributed by atoms with E-state index in [1.54, 1.807) is 0 Å². The zero-order valence-electron chi connectivity index (χ0n) is 18.0. The minimum absolute atomic E-state index is 0.0923. The zero-order chi connectivity index (χ0) is 21.1. The highest BCUT2D eigenvalue weighted by atomic mass is 16.5. The first-order valence-electron chi connectivity index (χ1n) is 10.7. The number of aromatic nitrogens is 2. The largest absolute Gasteiger partial charge is 0.339 e. The predicted molar refractivity (Wildman–Crippen MR) is 117 cm³/mol. The molecule has 0 radical (unpaired) electrons. The van der Waals surface area contributed by atoms with Crippen LogP contribution in [-0.2, 0) is 11.8 Å². The van der Waals surface area contributed by atoms with E-state index in [9.17, 15) is 4.79 Å². The Morgan fingerprint density at radius 3 is 2.33 bits per heavy atom. The highest BCUT2D eigenvalue weighted by molar-refractivity contribution is 5.94. The van der Waals surface area contributed by atoms with Crippen LogP contribution in [0.2, 0.25) is 0 Å². The first-order chi connectivity index (χ1) is 14.4. The summed E-state index contributed by atoms with van der Waals surface area (Å²) < 4.78 is 5.46. The number of benzene rings is 2. The van der Waals surface area contributed by atoms with Gasteiger partial charge in [0.2, 0.25) is 11.7 Å². The molecular formula is C25H29N3O2. The van der Waals surface area contributed by atoms with Crippen molar-refractivity contribution in [3.05, 3.63) is 71.6 Å². The van der Waals surface area contributed by atoms with E-state index < -0.39 is 0 Å². The van der Waals surface area contributed by atoms with Crippen LogP contribution in [0.1, 0.15) is 55.4 Å². The number of hydrogen-bond acceptors (Lipinski definition) is 4. The molecule has 0 atom stereocenters. The number of rotatable bonds is 4. The molecule has 0 N–H and O–H groups in total. The normalized spacial score (nSPS) is 15.4. The van der Waals surface area contributed by atoms with Crippen LogP contribution in [0.25, 0.3) is 11.4 Å². The predicted octanol–water partition coefficient (Wildman–Crippen LogP) is 5.13. The first-order valence-corrected chi connectivity index (χ1v) is 10.7. The second-order valence-corrected chi connectivity index (χ2v) is 9.14. The molecule has 4 rings (SSSR count). The van der Waals surface area contributed by atoms with Gasteiger partial charge in [-0.1, -0.05) is 68.4 Å². The summed E-state index contributed by atoms with van der Waals surface area (Å²) in [7, 11) is 0. The molecule has 0 spiro atoms. The second kappa shape index (κ2) is 8.42. The molecule has 2 heterocycles. The zero-order valence-corrected chi connectivity index (χ0v) is 18.0. The van der Waals surface area contributed by atoms with Gasteiger partial charge in [-0.15, -0.1) is 0 Å². The molecule has 1 aliphatic rings. The molecule has 0 saturated carbocycles. The SMILES string of the molecule is CC(C)(C)c1ccc(C(=O)N2CCC(Cc3nc(-c4ccccc4)no3)CC2)cc1. The van der Waals surface area contributed by atoms with Gasteiger partial charge < -0.3 is 9.42 Å². The highest BCUT2D eigenvalue weighted by Gasteiger charge is 2.25. The molecular weight excluding hydrogens is 374 g/mol. The topological polar surface area (TPSA) is 59.2 Å². The standard InChI is InChI=1S/C25H29N3O2/c1-25(2,3)21-11-9-20(10-12-21)24(29)28-15-13-18(14-16-28)17-22-26-23(27-30-22)19-7-5-4-6-8-19/h4-12,18H,13-17H2,1-3H3. The number of amides is 1. The van der Waals surface area contributed by atoms with Crippen LogP contribution < -0.4 is 0 Å². The van der Waals surface area contributed by atoms with Crippen molar-refractivity contribution in [1.29, 1.82) is 0 Å². The van der Waals surface area contributed by atoms with Gasteiger partial charge in [0.15, 0.2) is 0 Å². The number of hydrogen-bond donors (Lipinski definition) is 0. The summed E-state index contributed by atoms with van der Waals surface area (Å²) in [5.74, 6) is 1.90. The van der Waals surface area contributed by atoms with Crippen molar-refractivity contribution >= 4 is 5.91 Å². The van der Waals surface area contributed by atoms with E-state index in [2.05, 4.69) is 43.0 Å². The monoisotopic (exact) mass is 403 g/mol. The van der Waals surface area contributed by atoms with Crippen LogP contribution in [0.5, 0.6) is 0 Å². The fourth-order valence-electron chi connectivity index (χ4n) is 3.92. The average molecular weight is 404 g/mol. The van der Waals surface area contributed by atoms with Gasteiger partial charge in [0.05, 0.1) is 0 Å². The lowest BCUT2D eigenvalue weighted by Crippen LogP contribution is -2.39. The highest BCUT2D eigenvalue weighted by Crippen LogP contribution is 2.25. The van der Waals surface area contributed by atoms with E-state index in [1.807, 2.05) is 47.4 Å². The molecule has 0 unspecified atom stereocenters. The molecule has 1 aromatic heterocycles. The molecule has 2 aromatic carbocycles. The van der Waals surface area contributed by atoms with Crippen molar-refractivity contribution in [1.82, 2.24) is 15.0 Å². The van der Waals surface area contributed by atoms with E-state index in [4.69, 9.17) is 4.52 Å². The molecule has 1 aliphatic heterocycles. The molecule has 3 aromatic rings. The minimum Gasteiger partial charge on any atom is -0.339 e. The van der Waals surface area contributed by atoms with Gasteiger partial charge in [-0.2, -0.15) is 4.98 Å². The van der Waals surface area contributed by atoms with Gasteiger partial charge in [0.1, 0.15) is 0 Å². The number of likely N-dealkylation sites (tertiary alicyclic amines) is 1. The third-order valence-corrected chi connectivity index (χ3v) is 5.86. The van der Waals surface area contributed by atoms with Crippen molar-refractivity contribution in [2.45, 2.75) is 45.4 Å². The minimum atomic E-state index is 0.0923. The second-order valence-electron chi connectivity index (χ2n) is 9.14. The molecule has 0 bridgehead atoms.